The molecule has 0 aromatic rings. The fourth-order valence-corrected chi connectivity index (χ4v) is 2.99. The van der Waals surface area contributed by atoms with E-state index in [0.29, 0.717) is 11.5 Å². The lowest BCUT2D eigenvalue weighted by Gasteiger charge is -2.34. The monoisotopic (exact) mass is 226 g/mol. The van der Waals surface area contributed by atoms with Gasteiger partial charge in [-0.25, -0.2) is 0 Å². The van der Waals surface area contributed by atoms with Crippen molar-refractivity contribution in [2.75, 3.05) is 13.1 Å². The van der Waals surface area contributed by atoms with Crippen molar-refractivity contribution in [2.45, 2.75) is 66.0 Å². The third kappa shape index (κ3) is 4.84. The maximum Gasteiger partial charge on any atom is 0.0130 e. The van der Waals surface area contributed by atoms with Gasteiger partial charge in [-0.2, -0.15) is 0 Å². The Morgan fingerprint density at radius 2 is 1.81 bits per heavy atom. The Bertz CT molecular complexity index is 215. The second-order valence-electron chi connectivity index (χ2n) is 7.29. The van der Waals surface area contributed by atoms with Crippen molar-refractivity contribution in [3.63, 3.8) is 0 Å². The van der Waals surface area contributed by atoms with Gasteiger partial charge in [0.15, 0.2) is 0 Å². The smallest absolute Gasteiger partial charge is 0.0130 e. The number of hydrogen-bond donors (Lipinski definition) is 2. The molecular weight excluding hydrogens is 196 g/mol. The third-order valence-corrected chi connectivity index (χ3v) is 3.50. The summed E-state index contributed by atoms with van der Waals surface area (Å²) in [7, 11) is 0. The van der Waals surface area contributed by atoms with E-state index < -0.39 is 0 Å². The zero-order chi connectivity index (χ0) is 12.4. The van der Waals surface area contributed by atoms with Crippen LogP contribution in [0.4, 0.5) is 0 Å². The van der Waals surface area contributed by atoms with Gasteiger partial charge in [-0.05, 0) is 58.0 Å². The SMILES string of the molecule is CC1NCCC1CNC(C)(C)CC(C)(C)C. The molecule has 0 aromatic heterocycles. The first-order valence-electron chi connectivity index (χ1n) is 6.68. The lowest BCUT2D eigenvalue weighted by atomic mass is 9.81. The van der Waals surface area contributed by atoms with E-state index in [-0.39, 0.29) is 5.54 Å². The van der Waals surface area contributed by atoms with Gasteiger partial charge < -0.3 is 10.6 Å². The number of nitrogens with one attached hydrogen (secondary N) is 2. The Hall–Kier alpha value is -0.0800. The van der Waals surface area contributed by atoms with E-state index in [9.17, 15) is 0 Å². The molecule has 0 aromatic carbocycles. The summed E-state index contributed by atoms with van der Waals surface area (Å²) in [6, 6.07) is 0.679. The molecule has 0 aliphatic carbocycles. The summed E-state index contributed by atoms with van der Waals surface area (Å²) in [5.41, 5.74) is 0.649. The minimum absolute atomic E-state index is 0.251. The van der Waals surface area contributed by atoms with Crippen LogP contribution in [0.5, 0.6) is 0 Å². The molecule has 16 heavy (non-hydrogen) atoms. The molecule has 2 atom stereocenters. The second-order valence-corrected chi connectivity index (χ2v) is 7.29. The molecule has 1 aliphatic heterocycles. The molecule has 0 spiro atoms. The van der Waals surface area contributed by atoms with Crippen LogP contribution in [-0.4, -0.2) is 24.7 Å². The molecule has 1 rings (SSSR count). The summed E-state index contributed by atoms with van der Waals surface area (Å²) >= 11 is 0. The molecule has 0 bridgehead atoms. The van der Waals surface area contributed by atoms with Crippen molar-refractivity contribution in [2.24, 2.45) is 11.3 Å². The van der Waals surface area contributed by atoms with Crippen LogP contribution < -0.4 is 10.6 Å². The van der Waals surface area contributed by atoms with Crippen LogP contribution in [-0.2, 0) is 0 Å². The van der Waals surface area contributed by atoms with Crippen molar-refractivity contribution in [1.82, 2.24) is 10.6 Å². The minimum atomic E-state index is 0.251. The van der Waals surface area contributed by atoms with Crippen molar-refractivity contribution >= 4 is 0 Å². The molecule has 0 saturated carbocycles. The molecule has 2 N–H and O–H groups in total. The first kappa shape index (κ1) is 14.0. The zero-order valence-electron chi connectivity index (χ0n) is 12.0. The van der Waals surface area contributed by atoms with Gasteiger partial charge in [0.2, 0.25) is 0 Å². The van der Waals surface area contributed by atoms with Crippen LogP contribution in [0.1, 0.15) is 54.4 Å². The average molecular weight is 226 g/mol. The fraction of sp³-hybridized carbons (Fsp3) is 1.00. The Morgan fingerprint density at radius 3 is 2.25 bits per heavy atom. The molecule has 0 radical (unpaired) electrons. The van der Waals surface area contributed by atoms with Gasteiger partial charge in [-0.15, -0.1) is 0 Å². The van der Waals surface area contributed by atoms with Gasteiger partial charge in [0.05, 0.1) is 0 Å². The lowest BCUT2D eigenvalue weighted by molar-refractivity contribution is 0.230. The Morgan fingerprint density at radius 1 is 1.19 bits per heavy atom. The molecule has 96 valence electrons. The van der Waals surface area contributed by atoms with Crippen LogP contribution in [0.25, 0.3) is 0 Å². The normalized spacial score (nSPS) is 27.4. The molecular formula is C14H30N2. The van der Waals surface area contributed by atoms with Crippen molar-refractivity contribution in [3.8, 4) is 0 Å². The quantitative estimate of drug-likeness (QED) is 0.770. The predicted molar refractivity (Wildman–Crippen MR) is 71.7 cm³/mol. The highest BCUT2D eigenvalue weighted by Gasteiger charge is 2.28. The predicted octanol–water partition coefficient (Wildman–Crippen LogP) is 2.79. The van der Waals surface area contributed by atoms with E-state index in [1.807, 2.05) is 0 Å². The highest BCUT2D eigenvalue weighted by molar-refractivity contribution is 4.87. The maximum absolute atomic E-state index is 3.75. The summed E-state index contributed by atoms with van der Waals surface area (Å²) in [4.78, 5) is 0. The first-order valence-corrected chi connectivity index (χ1v) is 6.68. The summed E-state index contributed by atoms with van der Waals surface area (Å²) < 4.78 is 0. The Labute approximate surface area is 102 Å². The number of hydrogen-bond acceptors (Lipinski definition) is 2. The minimum Gasteiger partial charge on any atom is -0.314 e. The van der Waals surface area contributed by atoms with Crippen LogP contribution in [0.2, 0.25) is 0 Å². The van der Waals surface area contributed by atoms with Crippen LogP contribution >= 0.6 is 0 Å². The topological polar surface area (TPSA) is 24.1 Å². The second kappa shape index (κ2) is 5.05. The summed E-state index contributed by atoms with van der Waals surface area (Å²) in [5.74, 6) is 0.805. The molecule has 1 saturated heterocycles. The maximum atomic E-state index is 3.75. The van der Waals surface area contributed by atoms with Gasteiger partial charge in [-0.1, -0.05) is 20.8 Å². The van der Waals surface area contributed by atoms with Crippen molar-refractivity contribution < 1.29 is 0 Å². The standard InChI is InChI=1S/C14H30N2/c1-11-12(7-8-15-11)9-16-14(5,6)10-13(2,3)4/h11-12,15-16H,7-10H2,1-6H3. The Kier molecular flexibility index (Phi) is 4.42. The average Bonchev–Trinajstić information content (AvgIpc) is 2.43. The summed E-state index contributed by atoms with van der Waals surface area (Å²) in [5, 5.41) is 7.26. The molecule has 1 fully saturated rings. The molecule has 2 heteroatoms. The molecule has 1 aliphatic rings. The highest BCUT2D eigenvalue weighted by atomic mass is 15.0. The molecule has 1 heterocycles. The highest BCUT2D eigenvalue weighted by Crippen LogP contribution is 2.27. The third-order valence-electron chi connectivity index (χ3n) is 3.50. The van der Waals surface area contributed by atoms with Gasteiger partial charge in [-0.3, -0.25) is 0 Å². The first-order chi connectivity index (χ1) is 7.20. The zero-order valence-corrected chi connectivity index (χ0v) is 12.0. The van der Waals surface area contributed by atoms with Gasteiger partial charge in [0, 0.05) is 11.6 Å². The van der Waals surface area contributed by atoms with Gasteiger partial charge in [0.1, 0.15) is 0 Å². The lowest BCUT2D eigenvalue weighted by Crippen LogP contribution is -2.45. The van der Waals surface area contributed by atoms with E-state index in [1.54, 1.807) is 0 Å². The van der Waals surface area contributed by atoms with Crippen LogP contribution in [0.3, 0.4) is 0 Å². The summed E-state index contributed by atoms with van der Waals surface area (Å²) in [6.45, 7) is 16.2. The largest absolute Gasteiger partial charge is 0.314 e. The van der Waals surface area contributed by atoms with E-state index in [0.717, 1.165) is 12.5 Å². The van der Waals surface area contributed by atoms with Crippen LogP contribution in [0.15, 0.2) is 0 Å². The fourth-order valence-electron chi connectivity index (χ4n) is 2.99. The van der Waals surface area contributed by atoms with Crippen LogP contribution in [0, 0.1) is 11.3 Å². The summed E-state index contributed by atoms with van der Waals surface area (Å²) in [6.07, 6.45) is 2.54. The molecule has 0 amide bonds. The van der Waals surface area contributed by atoms with E-state index >= 15 is 0 Å². The van der Waals surface area contributed by atoms with Gasteiger partial charge in [0.25, 0.3) is 0 Å². The van der Waals surface area contributed by atoms with Gasteiger partial charge >= 0.3 is 0 Å². The molecule has 2 unspecified atom stereocenters. The van der Waals surface area contributed by atoms with E-state index in [1.165, 1.54) is 19.4 Å². The van der Waals surface area contributed by atoms with Crippen molar-refractivity contribution in [1.29, 1.82) is 0 Å². The number of rotatable bonds is 4. The van der Waals surface area contributed by atoms with Crippen molar-refractivity contribution in [3.05, 3.63) is 0 Å². The Balaban J connectivity index is 2.35. The molecule has 2 nitrogen and oxygen atoms in total. The van der Waals surface area contributed by atoms with E-state index in [2.05, 4.69) is 52.2 Å². The van der Waals surface area contributed by atoms with E-state index in [4.69, 9.17) is 0 Å².